The Balaban J connectivity index is 2.17. The van der Waals surface area contributed by atoms with E-state index < -0.39 is 12.7 Å². The second kappa shape index (κ2) is 6.89. The minimum Gasteiger partial charge on any atom is -0.496 e. The van der Waals surface area contributed by atoms with Gasteiger partial charge in [-0.1, -0.05) is 0 Å². The number of methoxy groups -OCH3 is 1. The predicted octanol–water partition coefficient (Wildman–Crippen LogP) is 1.42. The van der Waals surface area contributed by atoms with Crippen molar-refractivity contribution >= 4 is 17.0 Å². The minimum absolute atomic E-state index is 0.158. The van der Waals surface area contributed by atoms with E-state index in [-0.39, 0.29) is 5.95 Å². The van der Waals surface area contributed by atoms with Gasteiger partial charge in [0.25, 0.3) is 0 Å². The highest BCUT2D eigenvalue weighted by atomic mass is 16.5. The highest BCUT2D eigenvalue weighted by molar-refractivity contribution is 5.84. The summed E-state index contributed by atoms with van der Waals surface area (Å²) in [7, 11) is 1.64. The number of nitrogens with two attached hydrogens (primary N) is 1. The Bertz CT molecular complexity index is 967. The molecule has 0 radical (unpaired) electrons. The Morgan fingerprint density at radius 2 is 2.00 bits per heavy atom. The van der Waals surface area contributed by atoms with E-state index in [1.54, 1.807) is 26.4 Å². The van der Waals surface area contributed by atoms with E-state index in [1.165, 1.54) is 0 Å². The first-order valence-electron chi connectivity index (χ1n) is 8.28. The molecule has 0 fully saturated rings. The Hall–Kier alpha value is -2.71. The number of aryl methyl sites for hydroxylation is 2. The van der Waals surface area contributed by atoms with Gasteiger partial charge in [0.2, 0.25) is 5.95 Å². The molecular formula is C18H23N5O3. The lowest BCUT2D eigenvalue weighted by Crippen LogP contribution is -2.07. The highest BCUT2D eigenvalue weighted by Crippen LogP contribution is 2.30. The summed E-state index contributed by atoms with van der Waals surface area (Å²) in [5, 5.41) is 20.3. The van der Waals surface area contributed by atoms with Gasteiger partial charge in [0, 0.05) is 34.5 Å². The fourth-order valence-electron chi connectivity index (χ4n) is 3.28. The molecule has 1 atom stereocenters. The zero-order chi connectivity index (χ0) is 19.0. The Morgan fingerprint density at radius 3 is 2.65 bits per heavy atom. The van der Waals surface area contributed by atoms with Crippen LogP contribution in [0.3, 0.4) is 0 Å². The molecule has 4 N–H and O–H groups in total. The standard InChI is InChI=1S/C18H23N5O3/c1-9-5-20-13(10(2)16(9)26-4)7-23-6-12(14(25)8-24)15-11(3)21-18(19)22-17(15)23/h5-6,14,24-25H,7-8H2,1-4H3,(H2,19,21,22)/t14-/m1/s1. The van der Waals surface area contributed by atoms with E-state index in [9.17, 15) is 10.2 Å². The van der Waals surface area contributed by atoms with Crippen LogP contribution < -0.4 is 10.5 Å². The fraction of sp³-hybridized carbons (Fsp3) is 0.389. The number of aliphatic hydroxyl groups excluding tert-OH is 2. The normalized spacial score (nSPS) is 12.5. The molecule has 0 unspecified atom stereocenters. The molecule has 0 saturated carbocycles. The van der Waals surface area contributed by atoms with Crippen LogP contribution in [0.15, 0.2) is 12.4 Å². The van der Waals surface area contributed by atoms with E-state index in [1.807, 2.05) is 18.4 Å². The van der Waals surface area contributed by atoms with Crippen molar-refractivity contribution in [3.63, 3.8) is 0 Å². The lowest BCUT2D eigenvalue weighted by molar-refractivity contribution is 0.0965. The van der Waals surface area contributed by atoms with Crippen LogP contribution in [0, 0.1) is 20.8 Å². The fourth-order valence-corrected chi connectivity index (χ4v) is 3.28. The van der Waals surface area contributed by atoms with Crippen molar-refractivity contribution < 1.29 is 14.9 Å². The largest absolute Gasteiger partial charge is 0.496 e. The molecule has 0 bridgehead atoms. The third kappa shape index (κ3) is 2.97. The molecule has 0 aliphatic heterocycles. The lowest BCUT2D eigenvalue weighted by Gasteiger charge is -2.13. The van der Waals surface area contributed by atoms with Crippen LogP contribution >= 0.6 is 0 Å². The minimum atomic E-state index is -1.02. The van der Waals surface area contributed by atoms with E-state index in [0.29, 0.717) is 28.8 Å². The van der Waals surface area contributed by atoms with Gasteiger partial charge in [-0.3, -0.25) is 4.98 Å². The van der Waals surface area contributed by atoms with Crippen LogP contribution in [0.4, 0.5) is 5.95 Å². The van der Waals surface area contributed by atoms with Gasteiger partial charge < -0.3 is 25.3 Å². The van der Waals surface area contributed by atoms with Gasteiger partial charge in [-0.25, -0.2) is 4.98 Å². The number of anilines is 1. The molecule has 8 nitrogen and oxygen atoms in total. The molecule has 0 aliphatic carbocycles. The number of nitrogen functional groups attached to an aromatic ring is 1. The van der Waals surface area contributed by atoms with Crippen LogP contribution in [-0.2, 0) is 6.54 Å². The third-order valence-electron chi connectivity index (χ3n) is 4.55. The molecule has 8 heteroatoms. The van der Waals surface area contributed by atoms with Crippen molar-refractivity contribution in [1.29, 1.82) is 0 Å². The second-order valence-electron chi connectivity index (χ2n) is 6.32. The number of fused-ring (bicyclic) bond motifs is 1. The quantitative estimate of drug-likeness (QED) is 0.631. The maximum atomic E-state index is 10.2. The summed E-state index contributed by atoms with van der Waals surface area (Å²) in [5.74, 6) is 0.956. The SMILES string of the molecule is COc1c(C)cnc(Cn2cc([C@H](O)CO)c3c(C)nc(N)nc32)c1C. The summed E-state index contributed by atoms with van der Waals surface area (Å²) in [6.45, 7) is 5.74. The number of nitrogens with zero attached hydrogens (tertiary/aromatic N) is 4. The van der Waals surface area contributed by atoms with Gasteiger partial charge in [-0.2, -0.15) is 4.98 Å². The number of aromatic nitrogens is 4. The van der Waals surface area contributed by atoms with Crippen molar-refractivity contribution in [2.45, 2.75) is 33.4 Å². The van der Waals surface area contributed by atoms with Crippen molar-refractivity contribution in [2.24, 2.45) is 0 Å². The topological polar surface area (TPSA) is 119 Å². The summed E-state index contributed by atoms with van der Waals surface area (Å²) in [5.41, 5.74) is 10.4. The first-order chi connectivity index (χ1) is 12.4. The number of hydrogen-bond donors (Lipinski definition) is 3. The zero-order valence-electron chi connectivity index (χ0n) is 15.3. The number of ether oxygens (including phenoxy) is 1. The smallest absolute Gasteiger partial charge is 0.222 e. The van der Waals surface area contributed by atoms with E-state index in [0.717, 1.165) is 22.6 Å². The maximum absolute atomic E-state index is 10.2. The molecule has 3 aromatic heterocycles. The molecule has 26 heavy (non-hydrogen) atoms. The van der Waals surface area contributed by atoms with Gasteiger partial charge >= 0.3 is 0 Å². The summed E-state index contributed by atoms with van der Waals surface area (Å²) in [6.07, 6.45) is 2.51. The van der Waals surface area contributed by atoms with Crippen LogP contribution in [-0.4, -0.2) is 43.4 Å². The molecule has 0 aliphatic rings. The molecule has 138 valence electrons. The molecule has 3 aromatic rings. The van der Waals surface area contributed by atoms with Crippen molar-refractivity contribution in [3.05, 3.63) is 40.5 Å². The summed E-state index contributed by atoms with van der Waals surface area (Å²) < 4.78 is 7.33. The maximum Gasteiger partial charge on any atom is 0.222 e. The second-order valence-corrected chi connectivity index (χ2v) is 6.32. The number of pyridine rings is 1. The first-order valence-corrected chi connectivity index (χ1v) is 8.28. The van der Waals surface area contributed by atoms with Crippen molar-refractivity contribution in [1.82, 2.24) is 19.5 Å². The van der Waals surface area contributed by atoms with Crippen molar-refractivity contribution in [2.75, 3.05) is 19.5 Å². The van der Waals surface area contributed by atoms with Crippen LogP contribution in [0.25, 0.3) is 11.0 Å². The third-order valence-corrected chi connectivity index (χ3v) is 4.55. The molecular weight excluding hydrogens is 334 g/mol. The molecule has 3 heterocycles. The van der Waals surface area contributed by atoms with Crippen LogP contribution in [0.5, 0.6) is 5.75 Å². The molecule has 0 amide bonds. The van der Waals surface area contributed by atoms with E-state index >= 15 is 0 Å². The average Bonchev–Trinajstić information content (AvgIpc) is 2.96. The Labute approximate surface area is 151 Å². The summed E-state index contributed by atoms with van der Waals surface area (Å²) in [4.78, 5) is 13.0. The van der Waals surface area contributed by atoms with Crippen LogP contribution in [0.1, 0.15) is 34.2 Å². The van der Waals surface area contributed by atoms with E-state index in [2.05, 4.69) is 15.0 Å². The first kappa shape index (κ1) is 18.1. The van der Waals surface area contributed by atoms with Gasteiger partial charge in [0.05, 0.1) is 31.6 Å². The van der Waals surface area contributed by atoms with Gasteiger partial charge in [0.1, 0.15) is 17.5 Å². The zero-order valence-corrected chi connectivity index (χ0v) is 15.3. The van der Waals surface area contributed by atoms with Crippen molar-refractivity contribution in [3.8, 4) is 5.75 Å². The molecule has 0 saturated heterocycles. The number of aliphatic hydroxyl groups is 2. The average molecular weight is 357 g/mol. The van der Waals surface area contributed by atoms with Gasteiger partial charge in [-0.05, 0) is 20.8 Å². The van der Waals surface area contributed by atoms with Crippen LogP contribution in [0.2, 0.25) is 0 Å². The highest BCUT2D eigenvalue weighted by Gasteiger charge is 2.20. The summed E-state index contributed by atoms with van der Waals surface area (Å²) in [6, 6.07) is 0. The van der Waals surface area contributed by atoms with Gasteiger partial charge in [-0.15, -0.1) is 0 Å². The lowest BCUT2D eigenvalue weighted by atomic mass is 10.1. The van der Waals surface area contributed by atoms with E-state index in [4.69, 9.17) is 10.5 Å². The molecule has 0 spiro atoms. The number of rotatable bonds is 5. The Kier molecular flexibility index (Phi) is 4.80. The molecule has 3 rings (SSSR count). The monoisotopic (exact) mass is 357 g/mol. The van der Waals surface area contributed by atoms with Gasteiger partial charge in [0.15, 0.2) is 0 Å². The number of hydrogen-bond acceptors (Lipinski definition) is 7. The predicted molar refractivity (Wildman–Crippen MR) is 98.1 cm³/mol. The Morgan fingerprint density at radius 1 is 1.27 bits per heavy atom. The molecule has 0 aromatic carbocycles. The summed E-state index contributed by atoms with van der Waals surface area (Å²) >= 11 is 0.